The van der Waals surface area contributed by atoms with Crippen molar-refractivity contribution in [2.75, 3.05) is 46.4 Å². The summed E-state index contributed by atoms with van der Waals surface area (Å²) in [5, 5.41) is 1.06. The summed E-state index contributed by atoms with van der Waals surface area (Å²) in [4.78, 5) is 19.6. The molecular weight excluding hydrogens is 390 g/mol. The van der Waals surface area contributed by atoms with E-state index in [0.717, 1.165) is 73.7 Å². The van der Waals surface area contributed by atoms with E-state index in [2.05, 4.69) is 26.9 Å². The molecule has 31 heavy (non-hydrogen) atoms. The molecule has 0 radical (unpaired) electrons. The lowest BCUT2D eigenvalue weighted by molar-refractivity contribution is 0.121. The van der Waals surface area contributed by atoms with Gasteiger partial charge in [0, 0.05) is 56.8 Å². The Morgan fingerprint density at radius 1 is 0.935 bits per heavy atom. The summed E-state index contributed by atoms with van der Waals surface area (Å²) in [5.74, 6) is 1.71. The van der Waals surface area contributed by atoms with Crippen LogP contribution >= 0.6 is 0 Å². The van der Waals surface area contributed by atoms with E-state index in [1.165, 1.54) is 5.56 Å². The Morgan fingerprint density at radius 3 is 2.39 bits per heavy atom. The minimum atomic E-state index is -0.0757. The molecule has 2 aromatic carbocycles. The minimum Gasteiger partial charge on any atom is -0.497 e. The van der Waals surface area contributed by atoms with Gasteiger partial charge in [0.25, 0.3) is 0 Å². The molecule has 0 saturated carbocycles. The van der Waals surface area contributed by atoms with E-state index in [0.29, 0.717) is 6.61 Å². The van der Waals surface area contributed by atoms with Gasteiger partial charge in [0.05, 0.1) is 19.2 Å². The lowest BCUT2D eigenvalue weighted by Gasteiger charge is -2.34. The van der Waals surface area contributed by atoms with E-state index in [4.69, 9.17) is 9.47 Å². The summed E-state index contributed by atoms with van der Waals surface area (Å²) in [6.45, 7) is 9.01. The van der Waals surface area contributed by atoms with Crippen molar-refractivity contribution < 1.29 is 9.47 Å². The Bertz CT molecular complexity index is 1050. The van der Waals surface area contributed by atoms with E-state index in [9.17, 15) is 4.79 Å². The molecule has 1 aliphatic heterocycles. The number of benzene rings is 2. The molecule has 0 spiro atoms. The van der Waals surface area contributed by atoms with Gasteiger partial charge in [0.1, 0.15) is 11.5 Å². The van der Waals surface area contributed by atoms with Crippen molar-refractivity contribution >= 4 is 10.9 Å². The minimum absolute atomic E-state index is 0.0757. The van der Waals surface area contributed by atoms with Crippen LogP contribution in [-0.4, -0.2) is 61.2 Å². The summed E-state index contributed by atoms with van der Waals surface area (Å²) in [7, 11) is 1.70. The number of nitrogens with one attached hydrogen (secondary N) is 1. The highest BCUT2D eigenvalue weighted by Gasteiger charge is 2.16. The van der Waals surface area contributed by atoms with Crippen LogP contribution in [0.4, 0.5) is 0 Å². The number of hydrogen-bond donors (Lipinski definition) is 1. The Kier molecular flexibility index (Phi) is 6.89. The quantitative estimate of drug-likeness (QED) is 0.565. The van der Waals surface area contributed by atoms with Crippen molar-refractivity contribution in [3.8, 4) is 11.5 Å². The van der Waals surface area contributed by atoms with Gasteiger partial charge in [-0.2, -0.15) is 0 Å². The lowest BCUT2D eigenvalue weighted by atomic mass is 10.1. The molecule has 0 aliphatic carbocycles. The molecule has 1 fully saturated rings. The first-order valence-electron chi connectivity index (χ1n) is 10.9. The highest BCUT2D eigenvalue weighted by atomic mass is 16.5. The smallest absolute Gasteiger partial charge is 0.248 e. The first kappa shape index (κ1) is 21.4. The topological polar surface area (TPSA) is 57.8 Å². The molecule has 1 aromatic heterocycles. The van der Waals surface area contributed by atoms with Crippen LogP contribution in [0.1, 0.15) is 17.5 Å². The predicted molar refractivity (Wildman–Crippen MR) is 124 cm³/mol. The Hall–Kier alpha value is -2.83. The van der Waals surface area contributed by atoms with Crippen LogP contribution < -0.4 is 15.0 Å². The number of H-pyrrole nitrogens is 1. The van der Waals surface area contributed by atoms with E-state index in [-0.39, 0.29) is 5.56 Å². The van der Waals surface area contributed by atoms with E-state index >= 15 is 0 Å². The van der Waals surface area contributed by atoms with Crippen LogP contribution in [0.15, 0.2) is 53.3 Å². The monoisotopic (exact) mass is 421 g/mol. The number of methoxy groups -OCH3 is 1. The molecule has 2 heterocycles. The van der Waals surface area contributed by atoms with Crippen LogP contribution in [0.5, 0.6) is 11.5 Å². The van der Waals surface area contributed by atoms with E-state index < -0.39 is 0 Å². The van der Waals surface area contributed by atoms with Crippen molar-refractivity contribution in [1.29, 1.82) is 0 Å². The predicted octanol–water partition coefficient (Wildman–Crippen LogP) is 3.43. The number of pyridine rings is 1. The van der Waals surface area contributed by atoms with Crippen LogP contribution in [0.3, 0.4) is 0 Å². The van der Waals surface area contributed by atoms with Gasteiger partial charge >= 0.3 is 0 Å². The third kappa shape index (κ3) is 5.66. The summed E-state index contributed by atoms with van der Waals surface area (Å²) >= 11 is 0. The second-order valence-corrected chi connectivity index (χ2v) is 8.19. The number of rotatable bonds is 8. The highest BCUT2D eigenvalue weighted by molar-refractivity contribution is 5.82. The van der Waals surface area contributed by atoms with Gasteiger partial charge in [0.2, 0.25) is 5.56 Å². The molecule has 0 unspecified atom stereocenters. The molecule has 1 saturated heterocycles. The molecule has 6 heteroatoms. The highest BCUT2D eigenvalue weighted by Crippen LogP contribution is 2.21. The number of hydrogen-bond acceptors (Lipinski definition) is 5. The molecule has 0 amide bonds. The lowest BCUT2D eigenvalue weighted by Crippen LogP contribution is -2.46. The third-order valence-electron chi connectivity index (χ3n) is 5.94. The van der Waals surface area contributed by atoms with E-state index in [1.807, 2.05) is 37.3 Å². The average molecular weight is 422 g/mol. The number of aromatic nitrogens is 1. The number of ether oxygens (including phenoxy) is 2. The number of fused-ring (bicyclic) bond motifs is 1. The fourth-order valence-electron chi connectivity index (χ4n) is 4.14. The maximum absolute atomic E-state index is 11.7. The molecule has 1 N–H and O–H groups in total. The number of aromatic amines is 1. The summed E-state index contributed by atoms with van der Waals surface area (Å²) in [6.07, 6.45) is 0.987. The Labute approximate surface area is 183 Å². The zero-order valence-electron chi connectivity index (χ0n) is 18.4. The maximum Gasteiger partial charge on any atom is 0.248 e. The van der Waals surface area contributed by atoms with Gasteiger partial charge in [0.15, 0.2) is 0 Å². The average Bonchev–Trinajstić information content (AvgIpc) is 2.78. The second-order valence-electron chi connectivity index (χ2n) is 8.19. The fraction of sp³-hybridized carbons (Fsp3) is 0.400. The normalized spacial score (nSPS) is 15.3. The zero-order valence-corrected chi connectivity index (χ0v) is 18.4. The molecular formula is C25H31N3O3. The molecule has 4 rings (SSSR count). The molecule has 3 aromatic rings. The maximum atomic E-state index is 11.7. The van der Waals surface area contributed by atoms with Crippen molar-refractivity contribution in [2.45, 2.75) is 19.9 Å². The van der Waals surface area contributed by atoms with Gasteiger partial charge in [-0.25, -0.2) is 0 Å². The van der Waals surface area contributed by atoms with Crippen molar-refractivity contribution in [1.82, 2.24) is 14.8 Å². The van der Waals surface area contributed by atoms with Crippen molar-refractivity contribution in [3.63, 3.8) is 0 Å². The van der Waals surface area contributed by atoms with Gasteiger partial charge < -0.3 is 19.4 Å². The standard InChI is InChI=1S/C25H31N3O3/c1-19-16-25(29)26-24-17-22(8-9-23(19)24)31-15-3-10-27-11-13-28(14-12-27)18-20-4-6-21(30-2)7-5-20/h4-9,16-17H,3,10-15,18H2,1-2H3,(H,26,29). The number of aryl methyl sites for hydroxylation is 1. The molecule has 1 aliphatic rings. The van der Waals surface area contributed by atoms with Gasteiger partial charge in [-0.05, 0) is 48.7 Å². The van der Waals surface area contributed by atoms with Gasteiger partial charge in [-0.3, -0.25) is 9.69 Å². The number of piperazine rings is 1. The summed E-state index contributed by atoms with van der Waals surface area (Å²) < 4.78 is 11.2. The first-order chi connectivity index (χ1) is 15.1. The molecule has 164 valence electrons. The molecule has 0 bridgehead atoms. The summed E-state index contributed by atoms with van der Waals surface area (Å²) in [5.41, 5.74) is 3.06. The largest absolute Gasteiger partial charge is 0.497 e. The fourth-order valence-corrected chi connectivity index (χ4v) is 4.14. The Balaban J connectivity index is 1.18. The van der Waals surface area contributed by atoms with Crippen LogP contribution in [0.25, 0.3) is 10.9 Å². The Morgan fingerprint density at radius 2 is 1.65 bits per heavy atom. The zero-order chi connectivity index (χ0) is 21.6. The van der Waals surface area contributed by atoms with Crippen molar-refractivity contribution in [2.24, 2.45) is 0 Å². The van der Waals surface area contributed by atoms with Gasteiger partial charge in [-0.1, -0.05) is 12.1 Å². The number of nitrogens with zero attached hydrogens (tertiary/aromatic N) is 2. The van der Waals surface area contributed by atoms with Crippen LogP contribution in [0.2, 0.25) is 0 Å². The van der Waals surface area contributed by atoms with Gasteiger partial charge in [-0.15, -0.1) is 0 Å². The van der Waals surface area contributed by atoms with Crippen LogP contribution in [-0.2, 0) is 6.54 Å². The third-order valence-corrected chi connectivity index (χ3v) is 5.94. The van der Waals surface area contributed by atoms with Crippen LogP contribution in [0, 0.1) is 6.92 Å². The molecule has 0 atom stereocenters. The molecule has 6 nitrogen and oxygen atoms in total. The second kappa shape index (κ2) is 9.98. The SMILES string of the molecule is COc1ccc(CN2CCN(CCCOc3ccc4c(C)cc(=O)[nH]c4c3)CC2)cc1. The van der Waals surface area contributed by atoms with E-state index in [1.54, 1.807) is 13.2 Å². The summed E-state index contributed by atoms with van der Waals surface area (Å²) in [6, 6.07) is 15.9. The van der Waals surface area contributed by atoms with Crippen molar-refractivity contribution in [3.05, 3.63) is 70.0 Å². The first-order valence-corrected chi connectivity index (χ1v) is 10.9.